The molecule has 130 valence electrons. The van der Waals surface area contributed by atoms with Crippen molar-refractivity contribution in [3.63, 3.8) is 0 Å². The third-order valence-corrected chi connectivity index (χ3v) is 5.85. The average molecular weight is 374 g/mol. The summed E-state index contributed by atoms with van der Waals surface area (Å²) in [6.45, 7) is 4.05. The minimum Gasteiger partial charge on any atom is -0.272 e. The van der Waals surface area contributed by atoms with Gasteiger partial charge in [0.25, 0.3) is 5.56 Å². The van der Waals surface area contributed by atoms with Gasteiger partial charge in [-0.2, -0.15) is 11.8 Å². The second-order valence-electron chi connectivity index (χ2n) is 5.59. The number of aryl methyl sites for hydroxylation is 1. The molecule has 0 saturated heterocycles. The zero-order chi connectivity index (χ0) is 17.8. The summed E-state index contributed by atoms with van der Waals surface area (Å²) in [5.74, 6) is 1.04. The summed E-state index contributed by atoms with van der Waals surface area (Å²) in [6.07, 6.45) is 2.40. The minimum atomic E-state index is -0.248. The number of thiophene rings is 1. The average Bonchev–Trinajstić information content (AvgIpc) is 2.95. The van der Waals surface area contributed by atoms with E-state index in [1.165, 1.54) is 22.3 Å². The van der Waals surface area contributed by atoms with Crippen molar-refractivity contribution in [2.45, 2.75) is 20.3 Å². The highest BCUT2D eigenvalue weighted by molar-refractivity contribution is 7.99. The molecule has 0 radical (unpaired) electrons. The molecule has 0 fully saturated rings. The fraction of sp³-hybridized carbons (Fsp3) is 0.278. The molecule has 25 heavy (non-hydrogen) atoms. The van der Waals surface area contributed by atoms with Crippen LogP contribution in [0.5, 0.6) is 0 Å². The maximum absolute atomic E-state index is 12.9. The van der Waals surface area contributed by atoms with Crippen LogP contribution in [0.1, 0.15) is 18.2 Å². The fourth-order valence-corrected chi connectivity index (χ4v) is 4.30. The first-order chi connectivity index (χ1) is 12.1. The number of hydrogen-bond acceptors (Lipinski definition) is 5. The predicted octanol–water partition coefficient (Wildman–Crippen LogP) is 3.65. The first kappa shape index (κ1) is 17.7. The molecule has 5 nitrogen and oxygen atoms in total. The molecule has 1 aromatic carbocycles. The molecule has 0 atom stereocenters. The van der Waals surface area contributed by atoms with Crippen LogP contribution in [-0.4, -0.2) is 27.1 Å². The van der Waals surface area contributed by atoms with E-state index in [9.17, 15) is 9.59 Å². The Labute approximate surface area is 154 Å². The van der Waals surface area contributed by atoms with Gasteiger partial charge in [-0.15, -0.1) is 11.3 Å². The molecule has 0 unspecified atom stereocenters. The number of rotatable bonds is 6. The van der Waals surface area contributed by atoms with Crippen molar-refractivity contribution in [1.82, 2.24) is 9.66 Å². The summed E-state index contributed by atoms with van der Waals surface area (Å²) in [7, 11) is 0. The molecule has 0 spiro atoms. The normalized spacial score (nSPS) is 11.0. The van der Waals surface area contributed by atoms with Crippen LogP contribution in [0.15, 0.2) is 41.5 Å². The molecule has 2 aromatic heterocycles. The zero-order valence-corrected chi connectivity index (χ0v) is 15.7. The molecular formula is C18H19N3O2S2. The predicted molar refractivity (Wildman–Crippen MR) is 106 cm³/mol. The lowest BCUT2D eigenvalue weighted by atomic mass is 10.0. The van der Waals surface area contributed by atoms with Gasteiger partial charge in [0.1, 0.15) is 11.2 Å². The molecule has 0 aliphatic heterocycles. The summed E-state index contributed by atoms with van der Waals surface area (Å²) >= 11 is 3.04. The number of carbonyl (C=O) groups excluding carboxylic acids is 1. The molecular weight excluding hydrogens is 354 g/mol. The van der Waals surface area contributed by atoms with Crippen LogP contribution in [0, 0.1) is 6.92 Å². The second-order valence-corrected chi connectivity index (χ2v) is 7.90. The van der Waals surface area contributed by atoms with Crippen LogP contribution < -0.4 is 11.0 Å². The van der Waals surface area contributed by atoms with E-state index in [0.29, 0.717) is 16.0 Å². The van der Waals surface area contributed by atoms with Crippen LogP contribution in [-0.2, 0) is 4.79 Å². The van der Waals surface area contributed by atoms with Crippen molar-refractivity contribution in [3.05, 3.63) is 51.9 Å². The minimum absolute atomic E-state index is 0.199. The van der Waals surface area contributed by atoms with Crippen LogP contribution in [0.3, 0.4) is 0 Å². The van der Waals surface area contributed by atoms with E-state index in [-0.39, 0.29) is 11.5 Å². The number of nitrogens with zero attached hydrogens (tertiary/aromatic N) is 2. The van der Waals surface area contributed by atoms with E-state index in [0.717, 1.165) is 28.2 Å². The zero-order valence-electron chi connectivity index (χ0n) is 14.1. The van der Waals surface area contributed by atoms with Crippen molar-refractivity contribution >= 4 is 39.2 Å². The smallest absolute Gasteiger partial charge is 0.272 e. The highest BCUT2D eigenvalue weighted by Crippen LogP contribution is 2.35. The van der Waals surface area contributed by atoms with Gasteiger partial charge < -0.3 is 0 Å². The number of fused-ring (bicyclic) bond motifs is 1. The lowest BCUT2D eigenvalue weighted by Gasteiger charge is -2.08. The molecule has 2 heterocycles. The lowest BCUT2D eigenvalue weighted by Crippen LogP contribution is -2.34. The second kappa shape index (κ2) is 7.84. The number of aromatic nitrogens is 2. The molecule has 0 aliphatic carbocycles. The summed E-state index contributed by atoms with van der Waals surface area (Å²) < 4.78 is 1.19. The van der Waals surface area contributed by atoms with E-state index in [1.54, 1.807) is 11.8 Å². The van der Waals surface area contributed by atoms with Gasteiger partial charge in [0.05, 0.1) is 11.1 Å². The topological polar surface area (TPSA) is 64.0 Å². The van der Waals surface area contributed by atoms with Crippen molar-refractivity contribution in [1.29, 1.82) is 0 Å². The monoisotopic (exact) mass is 373 g/mol. The fourth-order valence-electron chi connectivity index (χ4n) is 2.61. The van der Waals surface area contributed by atoms with Gasteiger partial charge in [0.2, 0.25) is 5.91 Å². The molecule has 1 N–H and O–H groups in total. The van der Waals surface area contributed by atoms with Gasteiger partial charge in [-0.25, -0.2) is 9.66 Å². The largest absolute Gasteiger partial charge is 0.281 e. The number of nitrogens with one attached hydrogen (secondary N) is 1. The van der Waals surface area contributed by atoms with E-state index in [2.05, 4.69) is 17.3 Å². The summed E-state index contributed by atoms with van der Waals surface area (Å²) in [5.41, 5.74) is 4.26. The Morgan fingerprint density at radius 3 is 2.80 bits per heavy atom. The number of hydrogen-bond donors (Lipinski definition) is 1. The Morgan fingerprint density at radius 1 is 1.32 bits per heavy atom. The van der Waals surface area contributed by atoms with Gasteiger partial charge in [-0.3, -0.25) is 15.0 Å². The molecule has 0 bridgehead atoms. The molecule has 3 rings (SSSR count). The quantitative estimate of drug-likeness (QED) is 0.670. The summed E-state index contributed by atoms with van der Waals surface area (Å²) in [6, 6.07) is 9.79. The maximum Gasteiger partial charge on any atom is 0.281 e. The van der Waals surface area contributed by atoms with Gasteiger partial charge in [0, 0.05) is 10.4 Å². The van der Waals surface area contributed by atoms with Crippen molar-refractivity contribution < 1.29 is 4.79 Å². The third kappa shape index (κ3) is 3.77. The molecule has 0 aliphatic rings. The number of benzene rings is 1. The highest BCUT2D eigenvalue weighted by atomic mass is 32.2. The van der Waals surface area contributed by atoms with E-state index in [1.807, 2.05) is 37.3 Å². The number of carbonyl (C=O) groups is 1. The molecule has 7 heteroatoms. The van der Waals surface area contributed by atoms with E-state index < -0.39 is 0 Å². The molecule has 1 amide bonds. The van der Waals surface area contributed by atoms with Crippen LogP contribution in [0.4, 0.5) is 0 Å². The first-order valence-electron chi connectivity index (χ1n) is 8.05. The summed E-state index contributed by atoms with van der Waals surface area (Å²) in [5, 5.41) is 0.553. The number of amides is 1. The van der Waals surface area contributed by atoms with Crippen molar-refractivity contribution in [3.8, 4) is 11.1 Å². The Kier molecular flexibility index (Phi) is 5.55. The standard InChI is InChI=1S/C18H19N3O2S2/c1-3-9-24-10-14(22)20-21-11-19-17-16(18(21)23)15(12(2)25-17)13-7-5-4-6-8-13/h4-8,11H,3,9-10H2,1-2H3,(H,20,22). The highest BCUT2D eigenvalue weighted by Gasteiger charge is 2.17. The maximum atomic E-state index is 12.9. The van der Waals surface area contributed by atoms with Crippen molar-refractivity contribution in [2.75, 3.05) is 16.9 Å². The SMILES string of the molecule is CCCSCC(=O)Nn1cnc2sc(C)c(-c3ccccc3)c2c1=O. The van der Waals surface area contributed by atoms with E-state index >= 15 is 0 Å². The van der Waals surface area contributed by atoms with Gasteiger partial charge in [-0.1, -0.05) is 37.3 Å². The Morgan fingerprint density at radius 2 is 2.08 bits per heavy atom. The summed E-state index contributed by atoms with van der Waals surface area (Å²) in [4.78, 5) is 31.0. The van der Waals surface area contributed by atoms with E-state index in [4.69, 9.17) is 0 Å². The molecule has 0 saturated carbocycles. The van der Waals surface area contributed by atoms with Gasteiger partial charge >= 0.3 is 0 Å². The molecule has 3 aromatic rings. The Hall–Kier alpha value is -2.12. The van der Waals surface area contributed by atoms with Crippen LogP contribution in [0.2, 0.25) is 0 Å². The van der Waals surface area contributed by atoms with Crippen molar-refractivity contribution in [2.24, 2.45) is 0 Å². The first-order valence-corrected chi connectivity index (χ1v) is 10.0. The Balaban J connectivity index is 1.99. The number of thioether (sulfide) groups is 1. The Bertz CT molecular complexity index is 948. The van der Waals surface area contributed by atoms with Crippen LogP contribution in [0.25, 0.3) is 21.3 Å². The third-order valence-electron chi connectivity index (χ3n) is 3.68. The van der Waals surface area contributed by atoms with Gasteiger partial charge in [-0.05, 0) is 24.7 Å². The lowest BCUT2D eigenvalue weighted by molar-refractivity contribution is -0.114. The van der Waals surface area contributed by atoms with Gasteiger partial charge in [0.15, 0.2) is 0 Å². The van der Waals surface area contributed by atoms with Crippen LogP contribution >= 0.6 is 23.1 Å².